The van der Waals surface area contributed by atoms with Crippen LogP contribution < -0.4 is 0 Å². The van der Waals surface area contributed by atoms with Gasteiger partial charge >= 0.3 is 0 Å². The van der Waals surface area contributed by atoms with E-state index in [1.807, 2.05) is 42.6 Å². The molecule has 0 saturated carbocycles. The van der Waals surface area contributed by atoms with Crippen LogP contribution in [0.1, 0.15) is 0 Å². The number of hydrogen-bond acceptors (Lipinski definition) is 2. The molecule has 0 amide bonds. The lowest BCUT2D eigenvalue weighted by Gasteiger charge is -2.08. The minimum absolute atomic E-state index is 0.969. The third-order valence-electron chi connectivity index (χ3n) is 3.30. The summed E-state index contributed by atoms with van der Waals surface area (Å²) < 4.78 is 2.17. The topological polar surface area (TPSA) is 30.2 Å². The maximum absolute atomic E-state index is 4.78. The smallest absolute Gasteiger partial charge is 0.0965 e. The molecule has 0 atom stereocenters. The maximum Gasteiger partial charge on any atom is 0.0965 e. The molecular formula is C16H11N3. The Morgan fingerprint density at radius 2 is 1.74 bits per heavy atom. The summed E-state index contributed by atoms with van der Waals surface area (Å²) in [4.78, 5) is 8.97. The summed E-state index contributed by atoms with van der Waals surface area (Å²) in [5.74, 6) is 0. The van der Waals surface area contributed by atoms with Gasteiger partial charge in [-0.3, -0.25) is 4.98 Å². The molecule has 90 valence electrons. The van der Waals surface area contributed by atoms with E-state index in [2.05, 4.69) is 27.7 Å². The third-order valence-corrected chi connectivity index (χ3v) is 3.30. The quantitative estimate of drug-likeness (QED) is 0.513. The van der Waals surface area contributed by atoms with Crippen molar-refractivity contribution in [3.63, 3.8) is 0 Å². The van der Waals surface area contributed by atoms with E-state index in [0.717, 1.165) is 27.8 Å². The van der Waals surface area contributed by atoms with E-state index in [-0.39, 0.29) is 0 Å². The standard InChI is InChI=1S/C16H11N3/c1-2-7-14-13(6-1)18-16(12-5-3-9-17-11-12)15-8-4-10-19(14)15/h1-11H. The van der Waals surface area contributed by atoms with Crippen LogP contribution in [0.2, 0.25) is 0 Å². The predicted octanol–water partition coefficient (Wildman–Crippen LogP) is 3.55. The summed E-state index contributed by atoms with van der Waals surface area (Å²) in [6, 6.07) is 16.3. The molecule has 0 radical (unpaired) electrons. The lowest BCUT2D eigenvalue weighted by Crippen LogP contribution is -1.94. The van der Waals surface area contributed by atoms with Crippen molar-refractivity contribution in [2.75, 3.05) is 0 Å². The van der Waals surface area contributed by atoms with Gasteiger partial charge in [0.25, 0.3) is 0 Å². The molecular weight excluding hydrogens is 234 g/mol. The van der Waals surface area contributed by atoms with E-state index in [4.69, 9.17) is 4.98 Å². The highest BCUT2D eigenvalue weighted by molar-refractivity contribution is 5.87. The van der Waals surface area contributed by atoms with Crippen LogP contribution in [-0.4, -0.2) is 14.4 Å². The normalized spacial score (nSPS) is 11.2. The highest BCUT2D eigenvalue weighted by Gasteiger charge is 2.09. The van der Waals surface area contributed by atoms with Gasteiger partial charge in [0.2, 0.25) is 0 Å². The summed E-state index contributed by atoms with van der Waals surface area (Å²) in [6.45, 7) is 0. The molecule has 0 aliphatic carbocycles. The second kappa shape index (κ2) is 3.92. The number of hydrogen-bond donors (Lipinski definition) is 0. The minimum atomic E-state index is 0.969. The summed E-state index contributed by atoms with van der Waals surface area (Å²) in [6.07, 6.45) is 5.70. The van der Waals surface area contributed by atoms with Crippen molar-refractivity contribution < 1.29 is 0 Å². The predicted molar refractivity (Wildman–Crippen MR) is 75.9 cm³/mol. The molecule has 0 spiro atoms. The van der Waals surface area contributed by atoms with Crippen molar-refractivity contribution in [3.05, 3.63) is 67.1 Å². The van der Waals surface area contributed by atoms with Gasteiger partial charge in [0.15, 0.2) is 0 Å². The van der Waals surface area contributed by atoms with Crippen LogP contribution in [0, 0.1) is 0 Å². The van der Waals surface area contributed by atoms with Crippen LogP contribution in [0.25, 0.3) is 27.8 Å². The molecule has 0 aliphatic heterocycles. The first kappa shape index (κ1) is 10.3. The zero-order chi connectivity index (χ0) is 12.7. The average Bonchev–Trinajstić information content (AvgIpc) is 2.97. The Labute approximate surface area is 110 Å². The SMILES string of the molecule is c1cncc(-c2nc3ccccc3n3cccc23)c1. The molecule has 3 heterocycles. The van der Waals surface area contributed by atoms with Crippen LogP contribution in [0.5, 0.6) is 0 Å². The molecule has 3 nitrogen and oxygen atoms in total. The number of aromatic nitrogens is 3. The van der Waals surface area contributed by atoms with Gasteiger partial charge in [0.1, 0.15) is 0 Å². The molecule has 3 heteroatoms. The Morgan fingerprint density at radius 3 is 2.63 bits per heavy atom. The van der Waals surface area contributed by atoms with Crippen LogP contribution in [-0.2, 0) is 0 Å². The maximum atomic E-state index is 4.78. The summed E-state index contributed by atoms with van der Waals surface area (Å²) >= 11 is 0. The number of benzene rings is 1. The molecule has 3 aromatic heterocycles. The first-order chi connectivity index (χ1) is 9.43. The van der Waals surface area contributed by atoms with Crippen LogP contribution in [0.3, 0.4) is 0 Å². The minimum Gasteiger partial charge on any atom is -0.313 e. The Morgan fingerprint density at radius 1 is 0.842 bits per heavy atom. The summed E-state index contributed by atoms with van der Waals surface area (Å²) in [7, 11) is 0. The second-order valence-electron chi connectivity index (χ2n) is 4.45. The van der Waals surface area contributed by atoms with E-state index >= 15 is 0 Å². The Hall–Kier alpha value is -2.68. The van der Waals surface area contributed by atoms with Crippen molar-refractivity contribution >= 4 is 16.6 Å². The summed E-state index contributed by atoms with van der Waals surface area (Å²) in [5.41, 5.74) is 5.22. The van der Waals surface area contributed by atoms with Crippen LogP contribution >= 0.6 is 0 Å². The van der Waals surface area contributed by atoms with Crippen molar-refractivity contribution in [1.29, 1.82) is 0 Å². The average molecular weight is 245 g/mol. The van der Waals surface area contributed by atoms with Gasteiger partial charge in [-0.05, 0) is 36.4 Å². The van der Waals surface area contributed by atoms with E-state index in [0.29, 0.717) is 0 Å². The van der Waals surface area contributed by atoms with Gasteiger partial charge < -0.3 is 4.40 Å². The van der Waals surface area contributed by atoms with Crippen LogP contribution in [0.4, 0.5) is 0 Å². The molecule has 0 fully saturated rings. The van der Waals surface area contributed by atoms with Gasteiger partial charge in [-0.1, -0.05) is 12.1 Å². The molecule has 0 unspecified atom stereocenters. The van der Waals surface area contributed by atoms with Crippen molar-refractivity contribution in [2.24, 2.45) is 0 Å². The zero-order valence-corrected chi connectivity index (χ0v) is 10.2. The number of rotatable bonds is 1. The highest BCUT2D eigenvalue weighted by Crippen LogP contribution is 2.26. The highest BCUT2D eigenvalue weighted by atomic mass is 14.9. The number of pyridine rings is 1. The Balaban J connectivity index is 2.17. The lowest BCUT2D eigenvalue weighted by molar-refractivity contribution is 1.22. The van der Waals surface area contributed by atoms with E-state index in [1.165, 1.54) is 0 Å². The van der Waals surface area contributed by atoms with E-state index in [1.54, 1.807) is 6.20 Å². The zero-order valence-electron chi connectivity index (χ0n) is 10.2. The lowest BCUT2D eigenvalue weighted by atomic mass is 10.1. The fourth-order valence-corrected chi connectivity index (χ4v) is 2.44. The molecule has 0 saturated heterocycles. The molecule has 1 aromatic carbocycles. The fraction of sp³-hybridized carbons (Fsp3) is 0. The van der Waals surface area contributed by atoms with Crippen molar-refractivity contribution in [1.82, 2.24) is 14.4 Å². The molecule has 0 N–H and O–H groups in total. The van der Waals surface area contributed by atoms with E-state index in [9.17, 15) is 0 Å². The van der Waals surface area contributed by atoms with Gasteiger partial charge in [0.05, 0.1) is 22.2 Å². The molecule has 4 rings (SSSR count). The van der Waals surface area contributed by atoms with Gasteiger partial charge in [-0.25, -0.2) is 4.98 Å². The van der Waals surface area contributed by atoms with Gasteiger partial charge in [-0.2, -0.15) is 0 Å². The number of nitrogens with zero attached hydrogens (tertiary/aromatic N) is 3. The summed E-state index contributed by atoms with van der Waals surface area (Å²) in [5, 5.41) is 0. The van der Waals surface area contributed by atoms with Crippen molar-refractivity contribution in [3.8, 4) is 11.3 Å². The number of para-hydroxylation sites is 2. The Kier molecular flexibility index (Phi) is 2.12. The van der Waals surface area contributed by atoms with E-state index < -0.39 is 0 Å². The number of fused-ring (bicyclic) bond motifs is 3. The second-order valence-corrected chi connectivity index (χ2v) is 4.45. The first-order valence-corrected chi connectivity index (χ1v) is 6.20. The largest absolute Gasteiger partial charge is 0.313 e. The van der Waals surface area contributed by atoms with Crippen molar-refractivity contribution in [2.45, 2.75) is 0 Å². The van der Waals surface area contributed by atoms with Crippen LogP contribution in [0.15, 0.2) is 67.1 Å². The third kappa shape index (κ3) is 1.52. The Bertz CT molecular complexity index is 863. The van der Waals surface area contributed by atoms with Gasteiger partial charge in [0, 0.05) is 24.2 Å². The fourth-order valence-electron chi connectivity index (χ4n) is 2.44. The van der Waals surface area contributed by atoms with Gasteiger partial charge in [-0.15, -0.1) is 0 Å². The molecule has 4 aromatic rings. The molecule has 0 aliphatic rings. The monoisotopic (exact) mass is 245 g/mol. The molecule has 19 heavy (non-hydrogen) atoms. The molecule has 0 bridgehead atoms. The first-order valence-electron chi connectivity index (χ1n) is 6.20.